The van der Waals surface area contributed by atoms with Crippen molar-refractivity contribution in [2.45, 2.75) is 13.5 Å². The number of hydrogen-bond acceptors (Lipinski definition) is 1. The van der Waals surface area contributed by atoms with Crippen molar-refractivity contribution < 1.29 is 9.90 Å². The van der Waals surface area contributed by atoms with Gasteiger partial charge in [0.15, 0.2) is 0 Å². The van der Waals surface area contributed by atoms with Crippen LogP contribution in [0.2, 0.25) is 0 Å². The second-order valence-corrected chi connectivity index (χ2v) is 4.78. The van der Waals surface area contributed by atoms with E-state index in [0.29, 0.717) is 5.46 Å². The van der Waals surface area contributed by atoms with E-state index in [1.165, 1.54) is 0 Å². The van der Waals surface area contributed by atoms with Crippen molar-refractivity contribution in [2.75, 3.05) is 0 Å². The van der Waals surface area contributed by atoms with Crippen LogP contribution in [0, 0.1) is 6.92 Å². The van der Waals surface area contributed by atoms with E-state index >= 15 is 0 Å². The molecule has 3 aromatic rings. The van der Waals surface area contributed by atoms with Gasteiger partial charge in [0.25, 0.3) is 0 Å². The van der Waals surface area contributed by atoms with Gasteiger partial charge in [0.05, 0.1) is 0 Å². The summed E-state index contributed by atoms with van der Waals surface area (Å²) in [6, 6.07) is 11.6. The maximum Gasteiger partial charge on any atom is 0.323 e. The van der Waals surface area contributed by atoms with Crippen molar-refractivity contribution in [3.63, 3.8) is 0 Å². The Morgan fingerprint density at radius 1 is 1.16 bits per heavy atom. The van der Waals surface area contributed by atoms with Crippen molar-refractivity contribution in [2.24, 2.45) is 0 Å². The molecule has 0 saturated carbocycles. The Morgan fingerprint density at radius 2 is 1.79 bits per heavy atom. The van der Waals surface area contributed by atoms with Crippen LogP contribution in [0.5, 0.6) is 0 Å². The lowest BCUT2D eigenvalue weighted by molar-refractivity contribution is -0.137. The molecule has 0 unspecified atom stereocenters. The zero-order valence-electron chi connectivity index (χ0n) is 10.6. The Hall–Kier alpha value is -2.23. The van der Waals surface area contributed by atoms with Gasteiger partial charge in [0, 0.05) is 21.8 Å². The molecule has 19 heavy (non-hydrogen) atoms. The first-order valence-corrected chi connectivity index (χ1v) is 6.06. The molecule has 0 aliphatic carbocycles. The second kappa shape index (κ2) is 4.16. The van der Waals surface area contributed by atoms with Gasteiger partial charge < -0.3 is 9.67 Å². The number of aryl methyl sites for hydroxylation is 1. The number of carboxylic acid groups (broad SMARTS) is 1. The van der Waals surface area contributed by atoms with E-state index in [1.54, 1.807) is 6.07 Å². The van der Waals surface area contributed by atoms with E-state index in [1.807, 2.05) is 35.8 Å². The Morgan fingerprint density at radius 3 is 2.47 bits per heavy atom. The first-order valence-electron chi connectivity index (χ1n) is 6.06. The minimum Gasteiger partial charge on any atom is -0.480 e. The molecule has 0 aliphatic heterocycles. The number of aromatic nitrogens is 1. The summed E-state index contributed by atoms with van der Waals surface area (Å²) in [5, 5.41) is 11.1. The highest BCUT2D eigenvalue weighted by Crippen LogP contribution is 2.29. The highest BCUT2D eigenvalue weighted by atomic mass is 16.4. The van der Waals surface area contributed by atoms with E-state index in [4.69, 9.17) is 13.0 Å². The first kappa shape index (κ1) is 11.8. The van der Waals surface area contributed by atoms with Crippen LogP contribution in [0.1, 0.15) is 5.56 Å². The molecule has 0 aliphatic rings. The minimum absolute atomic E-state index is 0.0486. The monoisotopic (exact) mass is 249 g/mol. The zero-order chi connectivity index (χ0) is 13.6. The first-order chi connectivity index (χ1) is 9.06. The van der Waals surface area contributed by atoms with Gasteiger partial charge in [0.1, 0.15) is 14.4 Å². The van der Waals surface area contributed by atoms with Crippen LogP contribution in [0.15, 0.2) is 36.4 Å². The molecule has 3 rings (SSSR count). The maximum atomic E-state index is 11.0. The summed E-state index contributed by atoms with van der Waals surface area (Å²) in [6.07, 6.45) is 0. The smallest absolute Gasteiger partial charge is 0.323 e. The molecule has 1 aromatic heterocycles. The van der Waals surface area contributed by atoms with Gasteiger partial charge in [-0.2, -0.15) is 0 Å². The van der Waals surface area contributed by atoms with Crippen LogP contribution in [-0.2, 0) is 11.3 Å². The molecule has 3 nitrogen and oxygen atoms in total. The van der Waals surface area contributed by atoms with Crippen molar-refractivity contribution in [1.82, 2.24) is 4.57 Å². The fourth-order valence-electron chi connectivity index (χ4n) is 2.54. The molecule has 2 aromatic carbocycles. The van der Waals surface area contributed by atoms with Gasteiger partial charge in [-0.15, -0.1) is 0 Å². The molecule has 0 fully saturated rings. The molecule has 0 saturated heterocycles. The molecule has 0 spiro atoms. The lowest BCUT2D eigenvalue weighted by atomic mass is 9.94. The average molecular weight is 249 g/mol. The third-order valence-corrected chi connectivity index (χ3v) is 3.34. The Labute approximate surface area is 111 Å². The average Bonchev–Trinajstić information content (AvgIpc) is 2.62. The van der Waals surface area contributed by atoms with Gasteiger partial charge in [-0.3, -0.25) is 4.79 Å². The van der Waals surface area contributed by atoms with E-state index in [-0.39, 0.29) is 6.54 Å². The quantitative estimate of drug-likeness (QED) is 0.705. The summed E-state index contributed by atoms with van der Waals surface area (Å²) < 4.78 is 1.81. The molecule has 0 bridgehead atoms. The van der Waals surface area contributed by atoms with Crippen molar-refractivity contribution in [3.05, 3.63) is 42.0 Å². The predicted molar refractivity (Wildman–Crippen MR) is 77.2 cm³/mol. The topological polar surface area (TPSA) is 42.2 Å². The Balaban J connectivity index is 2.46. The van der Waals surface area contributed by atoms with Gasteiger partial charge in [-0.1, -0.05) is 29.2 Å². The Kier molecular flexibility index (Phi) is 2.59. The molecule has 1 N–H and O–H groups in total. The highest BCUT2D eigenvalue weighted by molar-refractivity contribution is 6.33. The number of carboxylic acids is 1. The summed E-state index contributed by atoms with van der Waals surface area (Å²) in [5.41, 5.74) is 3.65. The molecule has 0 amide bonds. The van der Waals surface area contributed by atoms with E-state index in [2.05, 4.69) is 6.07 Å². The number of rotatable bonds is 2. The molecule has 4 heteroatoms. The number of benzene rings is 2. The lowest BCUT2D eigenvalue weighted by Gasteiger charge is -2.03. The van der Waals surface area contributed by atoms with Crippen LogP contribution in [0.3, 0.4) is 0 Å². The SMILES string of the molecule is [B]c1ccc2c(c1)c1cc(C)ccc1n2CC(=O)O. The number of hydrogen-bond donors (Lipinski definition) is 1. The minimum atomic E-state index is -0.851. The van der Waals surface area contributed by atoms with E-state index in [9.17, 15) is 4.79 Å². The third-order valence-electron chi connectivity index (χ3n) is 3.34. The molecule has 92 valence electrons. The van der Waals surface area contributed by atoms with E-state index < -0.39 is 5.97 Å². The number of fused-ring (bicyclic) bond motifs is 3. The predicted octanol–water partition coefficient (Wildman–Crippen LogP) is 1.98. The fourth-order valence-corrected chi connectivity index (χ4v) is 2.54. The van der Waals surface area contributed by atoms with Crippen molar-refractivity contribution >= 4 is 41.1 Å². The third kappa shape index (κ3) is 1.89. The lowest BCUT2D eigenvalue weighted by Crippen LogP contribution is -2.08. The van der Waals surface area contributed by atoms with Gasteiger partial charge in [-0.25, -0.2) is 0 Å². The number of aliphatic carboxylic acids is 1. The molecular weight excluding hydrogens is 237 g/mol. The summed E-state index contributed by atoms with van der Waals surface area (Å²) in [4.78, 5) is 11.0. The largest absolute Gasteiger partial charge is 0.480 e. The maximum absolute atomic E-state index is 11.0. The van der Waals surface area contributed by atoms with Crippen LogP contribution in [0.25, 0.3) is 21.8 Å². The molecule has 2 radical (unpaired) electrons. The normalized spacial score (nSPS) is 11.2. The Bertz CT molecular complexity index is 745. The van der Waals surface area contributed by atoms with Crippen LogP contribution < -0.4 is 5.46 Å². The number of nitrogens with zero attached hydrogens (tertiary/aromatic N) is 1. The fraction of sp³-hybridized carbons (Fsp3) is 0.133. The number of carbonyl (C=O) groups is 1. The standard InChI is InChI=1S/C15H12BNO2/c1-9-2-4-13-11(6-9)12-7-10(16)3-5-14(12)17(13)8-15(18)19/h2-7H,8H2,1H3,(H,18,19). The molecule has 1 heterocycles. The van der Waals surface area contributed by atoms with Gasteiger partial charge >= 0.3 is 5.97 Å². The van der Waals surface area contributed by atoms with Crippen molar-refractivity contribution in [1.29, 1.82) is 0 Å². The van der Waals surface area contributed by atoms with Gasteiger partial charge in [-0.05, 0) is 25.1 Å². The molecule has 0 atom stereocenters. The molecular formula is C15H12BNO2. The second-order valence-electron chi connectivity index (χ2n) is 4.78. The van der Waals surface area contributed by atoms with Gasteiger partial charge in [0.2, 0.25) is 0 Å². The summed E-state index contributed by atoms with van der Waals surface area (Å²) >= 11 is 0. The van der Waals surface area contributed by atoms with E-state index in [0.717, 1.165) is 27.4 Å². The summed E-state index contributed by atoms with van der Waals surface area (Å²) in [6.45, 7) is 1.97. The van der Waals surface area contributed by atoms with Crippen LogP contribution >= 0.6 is 0 Å². The summed E-state index contributed by atoms with van der Waals surface area (Å²) in [7, 11) is 5.84. The summed E-state index contributed by atoms with van der Waals surface area (Å²) in [5.74, 6) is -0.851. The van der Waals surface area contributed by atoms with Crippen molar-refractivity contribution in [3.8, 4) is 0 Å². The zero-order valence-corrected chi connectivity index (χ0v) is 10.6. The highest BCUT2D eigenvalue weighted by Gasteiger charge is 2.12. The van der Waals surface area contributed by atoms with Crippen LogP contribution in [0.4, 0.5) is 0 Å². The van der Waals surface area contributed by atoms with Crippen LogP contribution in [-0.4, -0.2) is 23.5 Å².